The summed E-state index contributed by atoms with van der Waals surface area (Å²) in [5.41, 5.74) is 2.87. The van der Waals surface area contributed by atoms with Crippen LogP contribution in [0.25, 0.3) is 0 Å². The standard InChI is InChI=1S/C24H26F3NO4S/c1-13-5-8-17(31-4)11-18(13)22-19(23(33-28-22)24(25,26)27)12-32-20-9-6-16(7-10-21(29)30)14(2)15(20)3/h5-6,8-9,11,13,18H,7,10,12H2,1-4H3,(H,29,30). The number of carboxylic acid groups (broad SMARTS) is 1. The molecule has 0 bridgehead atoms. The molecule has 0 saturated carbocycles. The number of hydrogen-bond acceptors (Lipinski definition) is 5. The average molecular weight is 482 g/mol. The molecular formula is C24H26F3NO4S. The van der Waals surface area contributed by atoms with Gasteiger partial charge >= 0.3 is 12.1 Å². The number of hydrogen-bond donors (Lipinski definition) is 1. The largest absolute Gasteiger partial charge is 0.497 e. The maximum atomic E-state index is 13.8. The zero-order valence-electron chi connectivity index (χ0n) is 18.8. The summed E-state index contributed by atoms with van der Waals surface area (Å²) >= 11 is 0.437. The third-order valence-electron chi connectivity index (χ3n) is 5.93. The number of allylic oxidation sites excluding steroid dienone is 3. The molecule has 33 heavy (non-hydrogen) atoms. The molecule has 1 aromatic carbocycles. The van der Waals surface area contributed by atoms with E-state index in [-0.39, 0.29) is 30.4 Å². The molecule has 1 aromatic heterocycles. The fraction of sp³-hybridized carbons (Fsp3) is 0.417. The summed E-state index contributed by atoms with van der Waals surface area (Å²) in [5.74, 6) is -0.265. The van der Waals surface area contributed by atoms with Gasteiger partial charge < -0.3 is 14.6 Å². The molecule has 0 fully saturated rings. The van der Waals surface area contributed by atoms with E-state index in [9.17, 15) is 18.0 Å². The lowest BCUT2D eigenvalue weighted by Gasteiger charge is -2.23. The monoisotopic (exact) mass is 481 g/mol. The van der Waals surface area contributed by atoms with Crippen LogP contribution in [-0.2, 0) is 28.7 Å². The smallest absolute Gasteiger partial charge is 0.427 e. The van der Waals surface area contributed by atoms with Gasteiger partial charge in [0.15, 0.2) is 0 Å². The number of aliphatic carboxylic acids is 1. The molecule has 2 atom stereocenters. The number of alkyl halides is 3. The normalized spacial score (nSPS) is 18.2. The van der Waals surface area contributed by atoms with Gasteiger partial charge in [-0.15, -0.1) is 0 Å². The van der Waals surface area contributed by atoms with E-state index < -0.39 is 17.0 Å². The molecule has 2 aromatic rings. The second-order valence-corrected chi connectivity index (χ2v) is 8.82. The van der Waals surface area contributed by atoms with Gasteiger partial charge in [-0.2, -0.15) is 17.5 Å². The summed E-state index contributed by atoms with van der Waals surface area (Å²) in [7, 11) is 1.51. The first-order valence-electron chi connectivity index (χ1n) is 10.5. The number of halogens is 3. The maximum Gasteiger partial charge on any atom is 0.427 e. The summed E-state index contributed by atoms with van der Waals surface area (Å²) in [5, 5.41) is 8.92. The first-order valence-corrected chi connectivity index (χ1v) is 11.2. The molecule has 2 unspecified atom stereocenters. The van der Waals surface area contributed by atoms with Gasteiger partial charge in [0.1, 0.15) is 23.0 Å². The highest BCUT2D eigenvalue weighted by molar-refractivity contribution is 7.06. The van der Waals surface area contributed by atoms with Gasteiger partial charge in [-0.3, -0.25) is 4.79 Å². The van der Waals surface area contributed by atoms with Crippen LogP contribution in [-0.4, -0.2) is 22.6 Å². The van der Waals surface area contributed by atoms with E-state index in [1.807, 2.05) is 26.8 Å². The van der Waals surface area contributed by atoms with Gasteiger partial charge in [-0.05, 0) is 72.6 Å². The number of benzene rings is 1. The van der Waals surface area contributed by atoms with Crippen molar-refractivity contribution in [3.05, 3.63) is 68.9 Å². The second-order valence-electron chi connectivity index (χ2n) is 8.05. The Morgan fingerprint density at radius 2 is 1.97 bits per heavy atom. The summed E-state index contributed by atoms with van der Waals surface area (Å²) in [6.45, 7) is 5.31. The van der Waals surface area contributed by atoms with E-state index in [0.717, 1.165) is 16.7 Å². The van der Waals surface area contributed by atoms with Gasteiger partial charge in [0.25, 0.3) is 0 Å². The van der Waals surface area contributed by atoms with Crippen LogP contribution < -0.4 is 4.74 Å². The van der Waals surface area contributed by atoms with Crippen LogP contribution in [0.4, 0.5) is 13.2 Å². The van der Waals surface area contributed by atoms with E-state index in [1.165, 1.54) is 7.11 Å². The average Bonchev–Trinajstić information content (AvgIpc) is 3.18. The number of ether oxygens (including phenoxy) is 2. The Labute approximate surface area is 194 Å². The van der Waals surface area contributed by atoms with Gasteiger partial charge in [-0.25, -0.2) is 0 Å². The Hall–Kier alpha value is -2.81. The Balaban J connectivity index is 1.91. The number of aryl methyl sites for hydroxylation is 1. The number of rotatable bonds is 8. The van der Waals surface area contributed by atoms with Gasteiger partial charge in [0.2, 0.25) is 0 Å². The third-order valence-corrected chi connectivity index (χ3v) is 6.88. The number of nitrogens with zero attached hydrogens (tertiary/aromatic N) is 1. The molecule has 1 aliphatic carbocycles. The molecule has 3 rings (SSSR count). The molecule has 9 heteroatoms. The molecule has 5 nitrogen and oxygen atoms in total. The highest BCUT2D eigenvalue weighted by atomic mass is 32.1. The molecule has 0 radical (unpaired) electrons. The summed E-state index contributed by atoms with van der Waals surface area (Å²) in [6.07, 6.45) is 1.32. The van der Waals surface area contributed by atoms with E-state index in [2.05, 4.69) is 4.37 Å². The lowest BCUT2D eigenvalue weighted by Crippen LogP contribution is -2.15. The highest BCUT2D eigenvalue weighted by Crippen LogP contribution is 2.42. The van der Waals surface area contributed by atoms with Gasteiger partial charge in [0, 0.05) is 17.9 Å². The zero-order valence-corrected chi connectivity index (χ0v) is 19.6. The number of carbonyl (C=O) groups is 1. The van der Waals surface area contributed by atoms with Crippen LogP contribution >= 0.6 is 11.5 Å². The van der Waals surface area contributed by atoms with Crippen molar-refractivity contribution >= 4 is 17.5 Å². The topological polar surface area (TPSA) is 68.7 Å². The van der Waals surface area contributed by atoms with Crippen molar-refractivity contribution in [2.24, 2.45) is 5.92 Å². The second kappa shape index (κ2) is 9.99. The zero-order chi connectivity index (χ0) is 24.3. The maximum absolute atomic E-state index is 13.8. The lowest BCUT2D eigenvalue weighted by atomic mass is 9.85. The number of methoxy groups -OCH3 is 1. The molecule has 1 N–H and O–H groups in total. The Morgan fingerprint density at radius 1 is 1.24 bits per heavy atom. The van der Waals surface area contributed by atoms with Crippen molar-refractivity contribution in [1.29, 1.82) is 0 Å². The van der Waals surface area contributed by atoms with E-state index >= 15 is 0 Å². The predicted octanol–water partition coefficient (Wildman–Crippen LogP) is 6.19. The van der Waals surface area contributed by atoms with Crippen LogP contribution in [0, 0.1) is 19.8 Å². The quantitative estimate of drug-likeness (QED) is 0.487. The van der Waals surface area contributed by atoms with Crippen molar-refractivity contribution in [2.45, 2.75) is 52.3 Å². The molecule has 0 aliphatic heterocycles. The minimum Gasteiger partial charge on any atom is -0.497 e. The molecule has 178 valence electrons. The number of aromatic nitrogens is 1. The van der Waals surface area contributed by atoms with Crippen molar-refractivity contribution in [3.63, 3.8) is 0 Å². The molecule has 1 aliphatic rings. The van der Waals surface area contributed by atoms with E-state index in [4.69, 9.17) is 14.6 Å². The fourth-order valence-electron chi connectivity index (χ4n) is 3.83. The molecule has 0 spiro atoms. The molecule has 0 amide bonds. The first-order chi connectivity index (χ1) is 15.5. The Bertz CT molecular complexity index is 1090. The molecule has 1 heterocycles. The Kier molecular flexibility index (Phi) is 7.51. The Morgan fingerprint density at radius 3 is 2.61 bits per heavy atom. The van der Waals surface area contributed by atoms with Crippen molar-refractivity contribution in [1.82, 2.24) is 4.37 Å². The van der Waals surface area contributed by atoms with Crippen LogP contribution in [0.1, 0.15) is 52.1 Å². The molecule has 0 saturated heterocycles. The third kappa shape index (κ3) is 5.58. The summed E-state index contributed by atoms with van der Waals surface area (Å²) in [4.78, 5) is 10.1. The van der Waals surface area contributed by atoms with E-state index in [1.54, 1.807) is 24.3 Å². The summed E-state index contributed by atoms with van der Waals surface area (Å²) in [6, 6.07) is 3.45. The molecular weight excluding hydrogens is 455 g/mol. The summed E-state index contributed by atoms with van der Waals surface area (Å²) < 4.78 is 56.6. The number of carboxylic acids is 1. The fourth-order valence-corrected chi connectivity index (χ4v) is 4.63. The van der Waals surface area contributed by atoms with Crippen molar-refractivity contribution < 1.29 is 32.5 Å². The van der Waals surface area contributed by atoms with Crippen LogP contribution in [0.3, 0.4) is 0 Å². The first kappa shape index (κ1) is 24.8. The SMILES string of the molecule is COC1=CC(c2nsc(C(F)(F)F)c2COc2ccc(CCC(=O)O)c(C)c2C)C(C)C=C1. The van der Waals surface area contributed by atoms with Crippen LogP contribution in [0.2, 0.25) is 0 Å². The van der Waals surface area contributed by atoms with Crippen molar-refractivity contribution in [2.75, 3.05) is 7.11 Å². The van der Waals surface area contributed by atoms with Crippen molar-refractivity contribution in [3.8, 4) is 5.75 Å². The minimum atomic E-state index is -4.54. The van der Waals surface area contributed by atoms with Gasteiger partial charge in [0.05, 0.1) is 12.8 Å². The minimum absolute atomic E-state index is 0.00432. The lowest BCUT2D eigenvalue weighted by molar-refractivity contribution is -0.137. The van der Waals surface area contributed by atoms with Gasteiger partial charge in [-0.1, -0.05) is 19.1 Å². The predicted molar refractivity (Wildman–Crippen MR) is 119 cm³/mol. The highest BCUT2D eigenvalue weighted by Gasteiger charge is 2.39. The van der Waals surface area contributed by atoms with Crippen LogP contribution in [0.15, 0.2) is 36.1 Å². The van der Waals surface area contributed by atoms with E-state index in [0.29, 0.717) is 35.2 Å². The van der Waals surface area contributed by atoms with Crippen LogP contribution in [0.5, 0.6) is 5.75 Å².